The third-order valence-corrected chi connectivity index (χ3v) is 7.18. The molecule has 0 radical (unpaired) electrons. The standard InChI is InChI=1S/C29H24N2O2S/c1-33-25-19-17-23(18-20-25)27-29(21-22-11-5-2-6-12-22,34-26-15-9-4-10-16-26)28(32)31(30-27)24-13-7-3-8-14-24/h2-20H,21H2,1H3/t29-/m1/s1. The van der Waals surface area contributed by atoms with Crippen molar-refractivity contribution in [2.75, 3.05) is 12.1 Å². The van der Waals surface area contributed by atoms with Crippen molar-refractivity contribution in [2.45, 2.75) is 16.1 Å². The first-order valence-electron chi connectivity index (χ1n) is 11.1. The summed E-state index contributed by atoms with van der Waals surface area (Å²) in [5, 5.41) is 6.50. The highest BCUT2D eigenvalue weighted by Gasteiger charge is 2.53. The highest BCUT2D eigenvalue weighted by atomic mass is 32.2. The van der Waals surface area contributed by atoms with Crippen LogP contribution in [0.15, 0.2) is 125 Å². The number of carbonyl (C=O) groups is 1. The second-order valence-electron chi connectivity index (χ2n) is 8.03. The highest BCUT2D eigenvalue weighted by molar-refractivity contribution is 8.02. The van der Waals surface area contributed by atoms with Crippen LogP contribution in [0.2, 0.25) is 0 Å². The molecule has 4 nitrogen and oxygen atoms in total. The molecule has 1 aliphatic heterocycles. The van der Waals surface area contributed by atoms with Gasteiger partial charge in [0, 0.05) is 16.9 Å². The molecule has 5 heteroatoms. The number of ether oxygens (including phenoxy) is 1. The number of amides is 1. The van der Waals surface area contributed by atoms with E-state index in [1.807, 2.05) is 103 Å². The van der Waals surface area contributed by atoms with Gasteiger partial charge in [-0.25, -0.2) is 0 Å². The van der Waals surface area contributed by atoms with Gasteiger partial charge >= 0.3 is 0 Å². The maximum Gasteiger partial charge on any atom is 0.270 e. The molecule has 0 N–H and O–H groups in total. The number of para-hydroxylation sites is 1. The number of benzene rings is 4. The second kappa shape index (κ2) is 9.57. The lowest BCUT2D eigenvalue weighted by atomic mass is 9.89. The van der Waals surface area contributed by atoms with Crippen LogP contribution >= 0.6 is 11.8 Å². The summed E-state index contributed by atoms with van der Waals surface area (Å²) in [6.45, 7) is 0. The predicted molar refractivity (Wildman–Crippen MR) is 139 cm³/mol. The molecule has 1 heterocycles. The molecule has 0 fully saturated rings. The molecule has 5 rings (SSSR count). The smallest absolute Gasteiger partial charge is 0.270 e. The summed E-state index contributed by atoms with van der Waals surface area (Å²) in [6, 6.07) is 37.6. The van der Waals surface area contributed by atoms with Crippen molar-refractivity contribution in [3.63, 3.8) is 0 Å². The van der Waals surface area contributed by atoms with Gasteiger partial charge in [-0.2, -0.15) is 10.1 Å². The zero-order chi connectivity index (χ0) is 23.4. The number of thioether (sulfide) groups is 1. The van der Waals surface area contributed by atoms with Crippen LogP contribution in [-0.2, 0) is 11.2 Å². The summed E-state index contributed by atoms with van der Waals surface area (Å²) < 4.78 is 4.43. The van der Waals surface area contributed by atoms with Crippen molar-refractivity contribution in [1.29, 1.82) is 0 Å². The van der Waals surface area contributed by atoms with Gasteiger partial charge in [0.25, 0.3) is 5.91 Å². The summed E-state index contributed by atoms with van der Waals surface area (Å²) in [7, 11) is 1.65. The van der Waals surface area contributed by atoms with Crippen molar-refractivity contribution in [1.82, 2.24) is 0 Å². The van der Waals surface area contributed by atoms with E-state index in [4.69, 9.17) is 9.84 Å². The molecule has 34 heavy (non-hydrogen) atoms. The molecule has 0 aromatic heterocycles. The lowest BCUT2D eigenvalue weighted by Crippen LogP contribution is -2.46. The lowest BCUT2D eigenvalue weighted by Gasteiger charge is -2.29. The van der Waals surface area contributed by atoms with Crippen LogP contribution < -0.4 is 9.75 Å². The van der Waals surface area contributed by atoms with Crippen LogP contribution in [0.4, 0.5) is 5.69 Å². The van der Waals surface area contributed by atoms with E-state index in [1.54, 1.807) is 23.9 Å². The minimum Gasteiger partial charge on any atom is -0.497 e. The number of methoxy groups -OCH3 is 1. The van der Waals surface area contributed by atoms with E-state index in [0.29, 0.717) is 6.42 Å². The van der Waals surface area contributed by atoms with Gasteiger partial charge in [-0.3, -0.25) is 4.79 Å². The summed E-state index contributed by atoms with van der Waals surface area (Å²) in [6.07, 6.45) is 0.514. The highest BCUT2D eigenvalue weighted by Crippen LogP contribution is 2.45. The molecule has 0 bridgehead atoms. The fourth-order valence-electron chi connectivity index (χ4n) is 4.14. The number of hydrazone groups is 1. The van der Waals surface area contributed by atoms with Crippen LogP contribution in [-0.4, -0.2) is 23.5 Å². The average Bonchev–Trinajstić information content (AvgIpc) is 3.17. The van der Waals surface area contributed by atoms with Crippen LogP contribution in [0, 0.1) is 0 Å². The average molecular weight is 465 g/mol. The number of rotatable bonds is 7. The summed E-state index contributed by atoms with van der Waals surface area (Å²) in [4.78, 5) is 15.3. The first kappa shape index (κ1) is 22.0. The lowest BCUT2D eigenvalue weighted by molar-refractivity contribution is -0.118. The van der Waals surface area contributed by atoms with Crippen molar-refractivity contribution in [2.24, 2.45) is 5.10 Å². The van der Waals surface area contributed by atoms with Gasteiger partial charge < -0.3 is 4.74 Å². The summed E-state index contributed by atoms with van der Waals surface area (Å²) >= 11 is 1.56. The van der Waals surface area contributed by atoms with E-state index in [0.717, 1.165) is 33.2 Å². The maximum absolute atomic E-state index is 14.3. The molecular formula is C29H24N2O2S. The zero-order valence-corrected chi connectivity index (χ0v) is 19.6. The Balaban J connectivity index is 1.69. The molecule has 1 amide bonds. The number of carbonyl (C=O) groups excluding carboxylic acids is 1. The van der Waals surface area contributed by atoms with Gasteiger partial charge in [0.15, 0.2) is 0 Å². The van der Waals surface area contributed by atoms with E-state index in [9.17, 15) is 4.79 Å². The molecule has 4 aromatic carbocycles. The van der Waals surface area contributed by atoms with Gasteiger partial charge in [0.2, 0.25) is 0 Å². The normalized spacial score (nSPS) is 17.5. The van der Waals surface area contributed by atoms with E-state index in [-0.39, 0.29) is 5.91 Å². The monoisotopic (exact) mass is 464 g/mol. The molecule has 4 aromatic rings. The number of anilines is 1. The number of hydrogen-bond donors (Lipinski definition) is 0. The zero-order valence-electron chi connectivity index (χ0n) is 18.8. The van der Waals surface area contributed by atoms with Crippen molar-refractivity contribution >= 4 is 29.1 Å². The Bertz CT molecular complexity index is 1250. The summed E-state index contributed by atoms with van der Waals surface area (Å²) in [5.41, 5.74) is 3.46. The molecule has 0 saturated carbocycles. The molecule has 1 aliphatic rings. The Kier molecular flexibility index (Phi) is 6.19. The van der Waals surface area contributed by atoms with Gasteiger partial charge in [0.1, 0.15) is 10.5 Å². The number of hydrogen-bond acceptors (Lipinski definition) is 4. The summed E-state index contributed by atoms with van der Waals surface area (Å²) in [5.74, 6) is 0.709. The van der Waals surface area contributed by atoms with Gasteiger partial charge in [-0.1, -0.05) is 66.7 Å². The Morgan fingerprint density at radius 2 is 1.38 bits per heavy atom. The molecule has 0 saturated heterocycles. The SMILES string of the molecule is COc1ccc(C2=NN(c3ccccc3)C(=O)[C@]2(Cc2ccccc2)Sc2ccccc2)cc1. The Morgan fingerprint density at radius 1 is 0.794 bits per heavy atom. The van der Waals surface area contributed by atoms with Crippen molar-refractivity contribution in [3.05, 3.63) is 126 Å². The minimum atomic E-state index is -0.937. The minimum absolute atomic E-state index is 0.0535. The van der Waals surface area contributed by atoms with Gasteiger partial charge in [-0.15, -0.1) is 11.8 Å². The fraction of sp³-hybridized carbons (Fsp3) is 0.103. The molecule has 0 aliphatic carbocycles. The van der Waals surface area contributed by atoms with Crippen molar-refractivity contribution < 1.29 is 9.53 Å². The Hall–Kier alpha value is -3.83. The van der Waals surface area contributed by atoms with E-state index in [2.05, 4.69) is 12.1 Å². The van der Waals surface area contributed by atoms with Gasteiger partial charge in [0.05, 0.1) is 18.5 Å². The predicted octanol–water partition coefficient (Wildman–Crippen LogP) is 6.22. The van der Waals surface area contributed by atoms with Gasteiger partial charge in [-0.05, 0) is 54.1 Å². The van der Waals surface area contributed by atoms with E-state index >= 15 is 0 Å². The Labute approximate surface area is 203 Å². The number of nitrogens with zero attached hydrogens (tertiary/aromatic N) is 2. The molecule has 0 spiro atoms. The first-order chi connectivity index (χ1) is 16.7. The second-order valence-corrected chi connectivity index (χ2v) is 9.41. The first-order valence-corrected chi connectivity index (χ1v) is 11.9. The molecule has 0 unspecified atom stereocenters. The van der Waals surface area contributed by atoms with Crippen LogP contribution in [0.3, 0.4) is 0 Å². The largest absolute Gasteiger partial charge is 0.497 e. The molecular weight excluding hydrogens is 440 g/mol. The van der Waals surface area contributed by atoms with E-state index < -0.39 is 4.75 Å². The Morgan fingerprint density at radius 3 is 2.00 bits per heavy atom. The quantitative estimate of drug-likeness (QED) is 0.326. The van der Waals surface area contributed by atoms with Crippen LogP contribution in [0.1, 0.15) is 11.1 Å². The van der Waals surface area contributed by atoms with E-state index in [1.165, 1.54) is 0 Å². The topological polar surface area (TPSA) is 41.9 Å². The third-order valence-electron chi connectivity index (χ3n) is 5.82. The van der Waals surface area contributed by atoms with Crippen LogP contribution in [0.5, 0.6) is 5.75 Å². The maximum atomic E-state index is 14.3. The van der Waals surface area contributed by atoms with Crippen molar-refractivity contribution in [3.8, 4) is 5.75 Å². The fourth-order valence-corrected chi connectivity index (χ4v) is 5.51. The molecule has 168 valence electrons. The van der Waals surface area contributed by atoms with Crippen LogP contribution in [0.25, 0.3) is 0 Å². The third kappa shape index (κ3) is 4.22. The molecule has 1 atom stereocenters.